The molecule has 0 amide bonds. The molecule has 1 unspecified atom stereocenters. The van der Waals surface area contributed by atoms with Crippen LogP contribution in [-0.2, 0) is 4.74 Å². The first-order valence-corrected chi connectivity index (χ1v) is 7.08. The van der Waals surface area contributed by atoms with Crippen LogP contribution < -0.4 is 5.32 Å². The standard InChI is InChI=1S/C13H21NOS/c1-3-13(4-2)9-14-7-12(15-10-13)11-5-6-16-8-11/h5-6,8,12,14H,3-4,7,9-10H2,1-2H3. The molecule has 1 aliphatic rings. The molecule has 1 atom stereocenters. The third-order valence-corrected chi connectivity index (χ3v) is 4.54. The molecule has 1 aromatic heterocycles. The third kappa shape index (κ3) is 2.47. The summed E-state index contributed by atoms with van der Waals surface area (Å²) >= 11 is 1.74. The fraction of sp³-hybridized carbons (Fsp3) is 0.692. The Morgan fingerprint density at radius 2 is 2.31 bits per heavy atom. The summed E-state index contributed by atoms with van der Waals surface area (Å²) in [7, 11) is 0. The van der Waals surface area contributed by atoms with E-state index in [0.717, 1.165) is 19.7 Å². The second-order valence-corrected chi connectivity index (χ2v) is 5.47. The van der Waals surface area contributed by atoms with Gasteiger partial charge in [0.25, 0.3) is 0 Å². The van der Waals surface area contributed by atoms with Gasteiger partial charge in [-0.3, -0.25) is 0 Å². The molecule has 1 aromatic rings. The van der Waals surface area contributed by atoms with Gasteiger partial charge in [0.2, 0.25) is 0 Å². The van der Waals surface area contributed by atoms with Crippen LogP contribution in [0.4, 0.5) is 0 Å². The van der Waals surface area contributed by atoms with Gasteiger partial charge in [-0.1, -0.05) is 13.8 Å². The van der Waals surface area contributed by atoms with Crippen LogP contribution in [0.15, 0.2) is 16.8 Å². The van der Waals surface area contributed by atoms with E-state index in [1.165, 1.54) is 18.4 Å². The average Bonchev–Trinajstić information content (AvgIpc) is 2.76. The first-order valence-electron chi connectivity index (χ1n) is 6.14. The predicted octanol–water partition coefficient (Wildman–Crippen LogP) is 3.22. The van der Waals surface area contributed by atoms with Crippen molar-refractivity contribution in [1.29, 1.82) is 0 Å². The molecule has 0 aliphatic carbocycles. The Labute approximate surface area is 102 Å². The number of rotatable bonds is 3. The van der Waals surface area contributed by atoms with Crippen molar-refractivity contribution in [3.05, 3.63) is 22.4 Å². The molecule has 16 heavy (non-hydrogen) atoms. The van der Waals surface area contributed by atoms with Crippen LogP contribution in [-0.4, -0.2) is 19.7 Å². The smallest absolute Gasteiger partial charge is 0.0957 e. The Morgan fingerprint density at radius 1 is 1.50 bits per heavy atom. The molecule has 90 valence electrons. The van der Waals surface area contributed by atoms with Gasteiger partial charge in [-0.05, 0) is 35.2 Å². The molecule has 2 nitrogen and oxygen atoms in total. The Morgan fingerprint density at radius 3 is 2.94 bits per heavy atom. The third-order valence-electron chi connectivity index (χ3n) is 3.84. The van der Waals surface area contributed by atoms with E-state index in [2.05, 4.69) is 36.0 Å². The number of thiophene rings is 1. The second kappa shape index (κ2) is 5.30. The normalized spacial score (nSPS) is 25.2. The molecule has 1 N–H and O–H groups in total. The second-order valence-electron chi connectivity index (χ2n) is 4.69. The minimum atomic E-state index is 0.242. The monoisotopic (exact) mass is 239 g/mol. The van der Waals surface area contributed by atoms with Crippen molar-refractivity contribution in [3.8, 4) is 0 Å². The molecule has 0 spiro atoms. The van der Waals surface area contributed by atoms with Gasteiger partial charge in [-0.15, -0.1) is 0 Å². The molecule has 2 rings (SSSR count). The lowest BCUT2D eigenvalue weighted by Gasteiger charge is -2.29. The SMILES string of the molecule is CCC1(CC)CNCC(c2ccsc2)OC1. The fourth-order valence-corrected chi connectivity index (χ4v) is 2.93. The summed E-state index contributed by atoms with van der Waals surface area (Å²) in [5, 5.41) is 7.87. The molecule has 1 aliphatic heterocycles. The highest BCUT2D eigenvalue weighted by Crippen LogP contribution is 2.31. The molecular formula is C13H21NOS. The lowest BCUT2D eigenvalue weighted by Crippen LogP contribution is -2.34. The topological polar surface area (TPSA) is 21.3 Å². The minimum absolute atomic E-state index is 0.242. The van der Waals surface area contributed by atoms with E-state index in [9.17, 15) is 0 Å². The molecule has 1 saturated heterocycles. The zero-order chi connectivity index (χ0) is 11.4. The molecule has 1 fully saturated rings. The number of nitrogens with one attached hydrogen (secondary N) is 1. The van der Waals surface area contributed by atoms with Gasteiger partial charge in [-0.25, -0.2) is 0 Å². The Kier molecular flexibility index (Phi) is 4.00. The Bertz CT molecular complexity index is 306. The van der Waals surface area contributed by atoms with E-state index < -0.39 is 0 Å². The summed E-state index contributed by atoms with van der Waals surface area (Å²) in [6.07, 6.45) is 2.62. The highest BCUT2D eigenvalue weighted by molar-refractivity contribution is 7.07. The highest BCUT2D eigenvalue weighted by Gasteiger charge is 2.31. The van der Waals surface area contributed by atoms with Crippen LogP contribution in [0.1, 0.15) is 38.4 Å². The highest BCUT2D eigenvalue weighted by atomic mass is 32.1. The maximum absolute atomic E-state index is 6.09. The van der Waals surface area contributed by atoms with Crippen molar-refractivity contribution in [2.24, 2.45) is 5.41 Å². The largest absolute Gasteiger partial charge is 0.372 e. The molecular weight excluding hydrogens is 218 g/mol. The van der Waals surface area contributed by atoms with Crippen molar-refractivity contribution in [2.75, 3.05) is 19.7 Å². The van der Waals surface area contributed by atoms with Crippen LogP contribution in [0, 0.1) is 5.41 Å². The molecule has 0 bridgehead atoms. The van der Waals surface area contributed by atoms with Crippen LogP contribution in [0.25, 0.3) is 0 Å². The molecule has 0 aromatic carbocycles. The summed E-state index contributed by atoms with van der Waals surface area (Å²) in [5.41, 5.74) is 1.66. The minimum Gasteiger partial charge on any atom is -0.372 e. The quantitative estimate of drug-likeness (QED) is 0.874. The Balaban J connectivity index is 2.03. The van der Waals surface area contributed by atoms with Crippen molar-refractivity contribution < 1.29 is 4.74 Å². The maximum Gasteiger partial charge on any atom is 0.0957 e. The van der Waals surface area contributed by atoms with Gasteiger partial charge in [0, 0.05) is 18.5 Å². The molecule has 3 heteroatoms. The average molecular weight is 239 g/mol. The van der Waals surface area contributed by atoms with E-state index in [1.54, 1.807) is 11.3 Å². The zero-order valence-electron chi connectivity index (χ0n) is 10.2. The fourth-order valence-electron chi connectivity index (χ4n) is 2.23. The first kappa shape index (κ1) is 12.1. The molecule has 0 saturated carbocycles. The number of hydrogen-bond acceptors (Lipinski definition) is 3. The van der Waals surface area contributed by atoms with Gasteiger partial charge in [0.15, 0.2) is 0 Å². The predicted molar refractivity (Wildman–Crippen MR) is 68.9 cm³/mol. The molecule has 0 radical (unpaired) electrons. The molecule has 2 heterocycles. The summed E-state index contributed by atoms with van der Waals surface area (Å²) in [6.45, 7) is 7.44. The summed E-state index contributed by atoms with van der Waals surface area (Å²) < 4.78 is 6.09. The van der Waals surface area contributed by atoms with Gasteiger partial charge in [0.1, 0.15) is 0 Å². The summed E-state index contributed by atoms with van der Waals surface area (Å²) in [6, 6.07) is 2.17. The lowest BCUT2D eigenvalue weighted by atomic mass is 9.83. The van der Waals surface area contributed by atoms with Crippen molar-refractivity contribution in [3.63, 3.8) is 0 Å². The van der Waals surface area contributed by atoms with Crippen molar-refractivity contribution in [2.45, 2.75) is 32.8 Å². The van der Waals surface area contributed by atoms with E-state index in [0.29, 0.717) is 5.41 Å². The summed E-state index contributed by atoms with van der Waals surface area (Å²) in [4.78, 5) is 0. The van der Waals surface area contributed by atoms with Crippen LogP contribution >= 0.6 is 11.3 Å². The van der Waals surface area contributed by atoms with Crippen LogP contribution in [0.3, 0.4) is 0 Å². The van der Waals surface area contributed by atoms with Crippen molar-refractivity contribution in [1.82, 2.24) is 5.32 Å². The zero-order valence-corrected chi connectivity index (χ0v) is 11.0. The van der Waals surface area contributed by atoms with Gasteiger partial charge in [-0.2, -0.15) is 11.3 Å². The first-order chi connectivity index (χ1) is 7.79. The van der Waals surface area contributed by atoms with Gasteiger partial charge in [0.05, 0.1) is 12.7 Å². The van der Waals surface area contributed by atoms with Gasteiger partial charge < -0.3 is 10.1 Å². The van der Waals surface area contributed by atoms with Crippen molar-refractivity contribution >= 4 is 11.3 Å². The van der Waals surface area contributed by atoms with E-state index in [1.807, 2.05) is 0 Å². The lowest BCUT2D eigenvalue weighted by molar-refractivity contribution is 0.0105. The van der Waals surface area contributed by atoms with E-state index >= 15 is 0 Å². The van der Waals surface area contributed by atoms with Gasteiger partial charge >= 0.3 is 0 Å². The van der Waals surface area contributed by atoms with E-state index in [4.69, 9.17) is 4.74 Å². The Hall–Kier alpha value is -0.380. The summed E-state index contributed by atoms with van der Waals surface area (Å²) in [5.74, 6) is 0. The number of ether oxygens (including phenoxy) is 1. The maximum atomic E-state index is 6.09. The van der Waals surface area contributed by atoms with E-state index in [-0.39, 0.29) is 6.10 Å². The number of hydrogen-bond donors (Lipinski definition) is 1. The van der Waals surface area contributed by atoms with Crippen LogP contribution in [0.5, 0.6) is 0 Å². The van der Waals surface area contributed by atoms with Crippen LogP contribution in [0.2, 0.25) is 0 Å².